The minimum atomic E-state index is -0.543. The van der Waals surface area contributed by atoms with E-state index in [4.69, 9.17) is 9.47 Å². The Labute approximate surface area is 295 Å². The zero-order chi connectivity index (χ0) is 34.9. The monoisotopic (exact) mass is 669 g/mol. The zero-order valence-electron chi connectivity index (χ0n) is 29.0. The van der Waals surface area contributed by atoms with E-state index in [1.165, 1.54) is 5.56 Å². The van der Waals surface area contributed by atoms with Gasteiger partial charge in [0.1, 0.15) is 0 Å². The van der Waals surface area contributed by atoms with E-state index in [0.29, 0.717) is 13.1 Å². The summed E-state index contributed by atoms with van der Waals surface area (Å²) >= 11 is 0. The highest BCUT2D eigenvalue weighted by Gasteiger charge is 2.39. The van der Waals surface area contributed by atoms with E-state index in [-0.39, 0.29) is 36.8 Å². The van der Waals surface area contributed by atoms with Gasteiger partial charge in [-0.25, -0.2) is 4.79 Å². The third-order valence-corrected chi connectivity index (χ3v) is 9.73. The summed E-state index contributed by atoms with van der Waals surface area (Å²) in [4.78, 5) is 14.8. The van der Waals surface area contributed by atoms with Gasteiger partial charge < -0.3 is 25.2 Å². The summed E-state index contributed by atoms with van der Waals surface area (Å²) in [5, 5.41) is 15.5. The second kappa shape index (κ2) is 16.7. The molecular weight excluding hydrogens is 622 g/mol. The molecule has 5 atom stereocenters. The van der Waals surface area contributed by atoms with Crippen LogP contribution in [0, 0.1) is 5.92 Å². The van der Waals surface area contributed by atoms with Gasteiger partial charge in [-0.1, -0.05) is 134 Å². The molecule has 5 aromatic rings. The van der Waals surface area contributed by atoms with Gasteiger partial charge in [-0.15, -0.1) is 0 Å². The number of carbonyl (C=O) groups excluding carboxylic acids is 1. The lowest BCUT2D eigenvalue weighted by atomic mass is 9.89. The molecule has 7 heteroatoms. The Balaban J connectivity index is 1.15. The average molecular weight is 670 g/mol. The Morgan fingerprint density at radius 3 is 2.02 bits per heavy atom. The van der Waals surface area contributed by atoms with Crippen molar-refractivity contribution in [3.8, 4) is 11.1 Å². The minimum absolute atomic E-state index is 0.00768. The topological polar surface area (TPSA) is 83.1 Å². The molecule has 1 aliphatic heterocycles. The highest BCUT2D eigenvalue weighted by molar-refractivity contribution is 5.74. The number of nitrogens with zero attached hydrogens (tertiary/aromatic N) is 1. The van der Waals surface area contributed by atoms with E-state index >= 15 is 0 Å². The van der Waals surface area contributed by atoms with Gasteiger partial charge in [0.05, 0.1) is 18.8 Å². The van der Waals surface area contributed by atoms with Crippen LogP contribution >= 0.6 is 0 Å². The minimum Gasteiger partial charge on any atom is -0.392 e. The maximum atomic E-state index is 12.4. The van der Waals surface area contributed by atoms with Crippen molar-refractivity contribution in [2.24, 2.45) is 5.92 Å². The quantitative estimate of drug-likeness (QED) is 0.124. The number of aliphatic hydroxyl groups is 1. The lowest BCUT2D eigenvalue weighted by Gasteiger charge is -2.43. The van der Waals surface area contributed by atoms with E-state index in [1.54, 1.807) is 0 Å². The molecule has 0 radical (unpaired) electrons. The van der Waals surface area contributed by atoms with E-state index in [1.807, 2.05) is 60.7 Å². The van der Waals surface area contributed by atoms with Crippen molar-refractivity contribution in [3.05, 3.63) is 167 Å². The summed E-state index contributed by atoms with van der Waals surface area (Å²) in [5.41, 5.74) is 8.37. The first-order valence-electron chi connectivity index (χ1n) is 17.4. The lowest BCUT2D eigenvalue weighted by molar-refractivity contribution is -0.276. The van der Waals surface area contributed by atoms with Crippen LogP contribution in [-0.2, 0) is 29.2 Å². The normalized spacial score (nSPS) is 19.5. The summed E-state index contributed by atoms with van der Waals surface area (Å²) in [6, 6.07) is 45.0. The van der Waals surface area contributed by atoms with Crippen LogP contribution in [0.1, 0.15) is 65.7 Å². The molecule has 3 N–H and O–H groups in total. The highest BCUT2D eigenvalue weighted by Crippen LogP contribution is 2.42. The molecule has 0 saturated carbocycles. The Morgan fingerprint density at radius 2 is 1.34 bits per heavy atom. The second-order valence-corrected chi connectivity index (χ2v) is 13.2. The molecule has 5 aromatic carbocycles. The number of hydrogen-bond acceptors (Lipinski definition) is 5. The van der Waals surface area contributed by atoms with Crippen molar-refractivity contribution >= 4 is 6.03 Å². The molecule has 258 valence electrons. The number of nitrogens with one attached hydrogen (secondary N) is 2. The van der Waals surface area contributed by atoms with Crippen LogP contribution in [0.15, 0.2) is 133 Å². The predicted molar refractivity (Wildman–Crippen MR) is 198 cm³/mol. The number of aliphatic hydroxyl groups excluding tert-OH is 1. The highest BCUT2D eigenvalue weighted by atomic mass is 16.7. The Bertz CT molecular complexity index is 1800. The fourth-order valence-corrected chi connectivity index (χ4v) is 6.47. The van der Waals surface area contributed by atoms with Gasteiger partial charge in [-0.3, -0.25) is 4.90 Å². The number of benzene rings is 5. The van der Waals surface area contributed by atoms with Gasteiger partial charge >= 0.3 is 6.03 Å². The third-order valence-electron chi connectivity index (χ3n) is 9.73. The van der Waals surface area contributed by atoms with Crippen molar-refractivity contribution in [2.75, 3.05) is 13.6 Å². The third kappa shape index (κ3) is 8.86. The number of urea groups is 1. The molecule has 7 nitrogen and oxygen atoms in total. The molecule has 1 aliphatic rings. The van der Waals surface area contributed by atoms with Crippen LogP contribution in [0.2, 0.25) is 0 Å². The number of rotatable bonds is 12. The smallest absolute Gasteiger partial charge is 0.315 e. The fraction of sp³-hybridized carbons (Fsp3) is 0.279. The number of ether oxygens (including phenoxy) is 2. The molecule has 1 heterocycles. The molecule has 0 spiro atoms. The molecule has 1 saturated heterocycles. The Hall–Kier alpha value is -4.79. The number of carbonyl (C=O) groups is 1. The van der Waals surface area contributed by atoms with Gasteiger partial charge in [0.15, 0.2) is 6.29 Å². The van der Waals surface area contributed by atoms with E-state index in [2.05, 4.69) is 109 Å². The van der Waals surface area contributed by atoms with Gasteiger partial charge in [0.25, 0.3) is 0 Å². The van der Waals surface area contributed by atoms with Gasteiger partial charge in [-0.05, 0) is 59.0 Å². The molecule has 1 fully saturated rings. The molecule has 0 aliphatic carbocycles. The molecule has 2 amide bonds. The molecular formula is C43H47N3O4. The Kier molecular flexibility index (Phi) is 11.7. The first-order chi connectivity index (χ1) is 24.4. The van der Waals surface area contributed by atoms with Crippen molar-refractivity contribution in [3.63, 3.8) is 0 Å². The average Bonchev–Trinajstić information content (AvgIpc) is 3.17. The van der Waals surface area contributed by atoms with E-state index in [0.717, 1.165) is 45.5 Å². The number of hydrogen-bond donors (Lipinski definition) is 3. The van der Waals surface area contributed by atoms with Gasteiger partial charge in [0, 0.05) is 37.2 Å². The van der Waals surface area contributed by atoms with Crippen molar-refractivity contribution in [1.29, 1.82) is 0 Å². The fourth-order valence-electron chi connectivity index (χ4n) is 6.47. The molecule has 0 aromatic heterocycles. The Morgan fingerprint density at radius 1 is 0.720 bits per heavy atom. The molecule has 0 unspecified atom stereocenters. The van der Waals surface area contributed by atoms with E-state index in [9.17, 15) is 9.90 Å². The van der Waals surface area contributed by atoms with Crippen LogP contribution in [0.4, 0.5) is 4.79 Å². The van der Waals surface area contributed by atoms with Crippen molar-refractivity contribution in [1.82, 2.24) is 15.5 Å². The van der Waals surface area contributed by atoms with Crippen LogP contribution in [0.3, 0.4) is 0 Å². The largest absolute Gasteiger partial charge is 0.392 e. The zero-order valence-corrected chi connectivity index (χ0v) is 29.0. The van der Waals surface area contributed by atoms with Crippen molar-refractivity contribution in [2.45, 2.75) is 58.1 Å². The van der Waals surface area contributed by atoms with Crippen LogP contribution < -0.4 is 10.6 Å². The molecule has 0 bridgehead atoms. The van der Waals surface area contributed by atoms with Crippen LogP contribution in [0.5, 0.6) is 0 Å². The van der Waals surface area contributed by atoms with Gasteiger partial charge in [-0.2, -0.15) is 0 Å². The number of likely N-dealkylation sites (N-methyl/N-ethyl adjacent to an activating group) is 1. The summed E-state index contributed by atoms with van der Waals surface area (Å²) in [6.45, 7) is 6.08. The lowest BCUT2D eigenvalue weighted by Crippen LogP contribution is -2.44. The van der Waals surface area contributed by atoms with Crippen LogP contribution in [0.25, 0.3) is 11.1 Å². The maximum absolute atomic E-state index is 12.4. The predicted octanol–water partition coefficient (Wildman–Crippen LogP) is 8.33. The summed E-state index contributed by atoms with van der Waals surface area (Å²) in [7, 11) is 2.15. The molecule has 50 heavy (non-hydrogen) atoms. The first-order valence-corrected chi connectivity index (χ1v) is 17.4. The van der Waals surface area contributed by atoms with Crippen molar-refractivity contribution < 1.29 is 19.4 Å². The second-order valence-electron chi connectivity index (χ2n) is 13.2. The summed E-state index contributed by atoms with van der Waals surface area (Å²) in [5.74, 6) is 0.0905. The summed E-state index contributed by atoms with van der Waals surface area (Å²) < 4.78 is 13.5. The standard InChI is InChI=1S/C43H47N3O4/c1-30-40(28-46(3)31(2)35-14-8-5-9-15-35)49-42(50-41(30)37-19-17-33(29-47)18-20-37)38-23-21-36(22-24-38)39-16-10-13-34(25-39)27-45-43(48)44-26-32-11-6-4-7-12-32/h4-25,30-31,40-42,47H,26-29H2,1-3H3,(H2,44,45,48)/t30-,31-,40+,41+,42+/m0/s1. The summed E-state index contributed by atoms with van der Waals surface area (Å²) in [6.07, 6.45) is -0.806. The van der Waals surface area contributed by atoms with Crippen LogP contribution in [-0.4, -0.2) is 35.7 Å². The SMILES string of the molecule is C[C@H]1[C@@H](CN(C)[C@@H](C)c2ccccc2)O[C@@H](c2ccc(-c3cccc(CNC(=O)NCc4ccccc4)c3)cc2)O[C@H]1c1ccc(CO)cc1. The maximum Gasteiger partial charge on any atom is 0.315 e. The first kappa shape index (κ1) is 35.1. The van der Waals surface area contributed by atoms with Gasteiger partial charge in [0.2, 0.25) is 0 Å². The number of amides is 2. The van der Waals surface area contributed by atoms with E-state index < -0.39 is 6.29 Å². The molecule has 6 rings (SSSR count).